The van der Waals surface area contributed by atoms with E-state index in [4.69, 9.17) is 5.11 Å². The molecule has 1 aliphatic heterocycles. The van der Waals surface area contributed by atoms with Crippen LogP contribution >= 0.6 is 11.8 Å². The van der Waals surface area contributed by atoms with Crippen LogP contribution in [-0.4, -0.2) is 28.0 Å². The largest absolute Gasteiger partial charge is 0.393 e. The molecule has 1 aliphatic rings. The zero-order valence-corrected chi connectivity index (χ0v) is 7.56. The summed E-state index contributed by atoms with van der Waals surface area (Å²) in [6.45, 7) is 1.74. The lowest BCUT2D eigenvalue weighted by molar-refractivity contribution is -0.110. The molecule has 2 nitrogen and oxygen atoms in total. The third-order valence-electron chi connectivity index (χ3n) is 1.99. The van der Waals surface area contributed by atoms with Crippen LogP contribution < -0.4 is 0 Å². The summed E-state index contributed by atoms with van der Waals surface area (Å²) >= 11 is 1.69. The average Bonchev–Trinajstić information content (AvgIpc) is 2.36. The maximum atomic E-state index is 10.7. The zero-order valence-electron chi connectivity index (χ0n) is 6.75. The summed E-state index contributed by atoms with van der Waals surface area (Å²) in [5, 5.41) is 9.14. The Morgan fingerprint density at radius 3 is 2.91 bits per heavy atom. The molecule has 0 aliphatic carbocycles. The highest BCUT2D eigenvalue weighted by Gasteiger charge is 2.35. The molecule has 64 valence electrons. The number of aldehydes is 1. The van der Waals surface area contributed by atoms with E-state index in [1.54, 1.807) is 18.7 Å². The molecule has 0 saturated carbocycles. The molecule has 1 heterocycles. The minimum atomic E-state index is -0.356. The van der Waals surface area contributed by atoms with E-state index in [-0.39, 0.29) is 10.9 Å². The number of aliphatic hydroxyl groups is 1. The molecule has 2 atom stereocenters. The predicted molar refractivity (Wildman–Crippen MR) is 46.8 cm³/mol. The molecule has 2 unspecified atom stereocenters. The Kier molecular flexibility index (Phi) is 2.96. The third-order valence-corrected chi connectivity index (χ3v) is 3.52. The van der Waals surface area contributed by atoms with Gasteiger partial charge in [0.25, 0.3) is 0 Å². The van der Waals surface area contributed by atoms with Crippen molar-refractivity contribution in [2.24, 2.45) is 0 Å². The first kappa shape index (κ1) is 9.07. The van der Waals surface area contributed by atoms with Crippen molar-refractivity contribution < 1.29 is 9.90 Å². The molecular formula is C8H14O2S. The van der Waals surface area contributed by atoms with Crippen molar-refractivity contribution in [2.45, 2.75) is 37.0 Å². The summed E-state index contributed by atoms with van der Waals surface area (Å²) in [6.07, 6.45) is 3.31. The number of carbonyl (C=O) groups excluding carboxylic acids is 1. The normalized spacial score (nSPS) is 33.6. The van der Waals surface area contributed by atoms with Crippen molar-refractivity contribution >= 4 is 18.0 Å². The van der Waals surface area contributed by atoms with Crippen LogP contribution in [0.1, 0.15) is 26.2 Å². The second-order valence-electron chi connectivity index (χ2n) is 3.19. The molecule has 3 heteroatoms. The van der Waals surface area contributed by atoms with Gasteiger partial charge in [0.05, 0.1) is 10.9 Å². The van der Waals surface area contributed by atoms with Crippen LogP contribution in [0.25, 0.3) is 0 Å². The van der Waals surface area contributed by atoms with Gasteiger partial charge in [0.1, 0.15) is 6.29 Å². The molecule has 0 aromatic heterocycles. The Morgan fingerprint density at radius 1 is 1.82 bits per heavy atom. The number of thioether (sulfide) groups is 1. The fourth-order valence-electron chi connectivity index (χ4n) is 1.52. The van der Waals surface area contributed by atoms with Gasteiger partial charge in [-0.1, -0.05) is 0 Å². The SMILES string of the molecule is CC(O)CC1(C=O)CCCS1. The fourth-order valence-corrected chi connectivity index (χ4v) is 2.93. The second kappa shape index (κ2) is 3.59. The summed E-state index contributed by atoms with van der Waals surface area (Å²) in [7, 11) is 0. The van der Waals surface area contributed by atoms with Gasteiger partial charge in [-0.2, -0.15) is 0 Å². The summed E-state index contributed by atoms with van der Waals surface area (Å²) in [5.74, 6) is 1.06. The first-order valence-electron chi connectivity index (χ1n) is 3.97. The van der Waals surface area contributed by atoms with Gasteiger partial charge in [0.2, 0.25) is 0 Å². The maximum absolute atomic E-state index is 10.7. The molecule has 0 spiro atoms. The second-order valence-corrected chi connectivity index (χ2v) is 4.70. The van der Waals surface area contributed by atoms with Gasteiger partial charge in [-0.3, -0.25) is 0 Å². The van der Waals surface area contributed by atoms with Gasteiger partial charge >= 0.3 is 0 Å². The third kappa shape index (κ3) is 2.20. The van der Waals surface area contributed by atoms with Gasteiger partial charge in [0.15, 0.2) is 0 Å². The van der Waals surface area contributed by atoms with Crippen molar-refractivity contribution in [3.8, 4) is 0 Å². The van der Waals surface area contributed by atoms with Gasteiger partial charge in [-0.25, -0.2) is 0 Å². The average molecular weight is 174 g/mol. The van der Waals surface area contributed by atoms with E-state index in [1.807, 2.05) is 0 Å². The van der Waals surface area contributed by atoms with Crippen molar-refractivity contribution in [3.63, 3.8) is 0 Å². The van der Waals surface area contributed by atoms with Gasteiger partial charge < -0.3 is 9.90 Å². The summed E-state index contributed by atoms with van der Waals surface area (Å²) < 4.78 is -0.256. The van der Waals surface area contributed by atoms with Crippen molar-refractivity contribution in [1.82, 2.24) is 0 Å². The molecule has 0 aromatic rings. The number of hydrogen-bond acceptors (Lipinski definition) is 3. The lowest BCUT2D eigenvalue weighted by Gasteiger charge is -2.21. The molecule has 0 aromatic carbocycles. The molecule has 11 heavy (non-hydrogen) atoms. The number of carbonyl (C=O) groups is 1. The molecule has 1 rings (SSSR count). The Morgan fingerprint density at radius 2 is 2.55 bits per heavy atom. The van der Waals surface area contributed by atoms with E-state index in [9.17, 15) is 4.79 Å². The Labute approximate surface area is 71.4 Å². The summed E-state index contributed by atoms with van der Waals surface area (Å²) in [6, 6.07) is 0. The molecule has 1 fully saturated rings. The first-order chi connectivity index (χ1) is 5.18. The van der Waals surface area contributed by atoms with Crippen LogP contribution in [0, 0.1) is 0 Å². The summed E-state index contributed by atoms with van der Waals surface area (Å²) in [5.41, 5.74) is 0. The smallest absolute Gasteiger partial charge is 0.136 e. The monoisotopic (exact) mass is 174 g/mol. The van der Waals surface area contributed by atoms with E-state index in [0.29, 0.717) is 6.42 Å². The fraction of sp³-hybridized carbons (Fsp3) is 0.875. The minimum absolute atomic E-state index is 0.256. The molecule has 0 radical (unpaired) electrons. The van der Waals surface area contributed by atoms with Crippen molar-refractivity contribution in [3.05, 3.63) is 0 Å². The maximum Gasteiger partial charge on any atom is 0.136 e. The molecule has 1 N–H and O–H groups in total. The molecule has 0 bridgehead atoms. The quantitative estimate of drug-likeness (QED) is 0.654. The van der Waals surface area contributed by atoms with Crippen molar-refractivity contribution in [1.29, 1.82) is 0 Å². The highest BCUT2D eigenvalue weighted by molar-refractivity contribution is 8.01. The first-order valence-corrected chi connectivity index (χ1v) is 4.95. The molecular weight excluding hydrogens is 160 g/mol. The lowest BCUT2D eigenvalue weighted by atomic mass is 9.98. The zero-order chi connectivity index (χ0) is 8.32. The molecule has 1 saturated heterocycles. The lowest BCUT2D eigenvalue weighted by Crippen LogP contribution is -2.27. The van der Waals surface area contributed by atoms with Crippen LogP contribution in [0.4, 0.5) is 0 Å². The Bertz CT molecular complexity index is 139. The standard InChI is InChI=1S/C8H14O2S/c1-7(10)5-8(6-9)3-2-4-11-8/h6-7,10H,2-5H2,1H3. The minimum Gasteiger partial charge on any atom is -0.393 e. The van der Waals surface area contributed by atoms with Gasteiger partial charge in [-0.15, -0.1) is 11.8 Å². The van der Waals surface area contributed by atoms with Gasteiger partial charge in [-0.05, 0) is 31.9 Å². The Balaban J connectivity index is 2.52. The van der Waals surface area contributed by atoms with E-state index < -0.39 is 0 Å². The number of hydrogen-bond donors (Lipinski definition) is 1. The highest BCUT2D eigenvalue weighted by atomic mass is 32.2. The van der Waals surface area contributed by atoms with E-state index in [0.717, 1.165) is 24.9 Å². The van der Waals surface area contributed by atoms with Crippen LogP contribution in [0.3, 0.4) is 0 Å². The summed E-state index contributed by atoms with van der Waals surface area (Å²) in [4.78, 5) is 10.7. The van der Waals surface area contributed by atoms with Crippen LogP contribution in [0.15, 0.2) is 0 Å². The molecule has 0 amide bonds. The van der Waals surface area contributed by atoms with Crippen LogP contribution in [0.2, 0.25) is 0 Å². The van der Waals surface area contributed by atoms with Crippen molar-refractivity contribution in [2.75, 3.05) is 5.75 Å². The highest BCUT2D eigenvalue weighted by Crippen LogP contribution is 2.39. The number of rotatable bonds is 3. The van der Waals surface area contributed by atoms with Gasteiger partial charge in [0, 0.05) is 0 Å². The van der Waals surface area contributed by atoms with Crippen LogP contribution in [-0.2, 0) is 4.79 Å². The Hall–Kier alpha value is -0.0200. The van der Waals surface area contributed by atoms with Crippen LogP contribution in [0.5, 0.6) is 0 Å². The van der Waals surface area contributed by atoms with E-state index in [1.165, 1.54) is 0 Å². The van der Waals surface area contributed by atoms with E-state index >= 15 is 0 Å². The number of aliphatic hydroxyl groups excluding tert-OH is 1. The van der Waals surface area contributed by atoms with E-state index in [2.05, 4.69) is 0 Å². The topological polar surface area (TPSA) is 37.3 Å². The predicted octanol–water partition coefficient (Wildman–Crippen LogP) is 1.22.